The average molecular weight is 151 g/mol. The van der Waals surface area contributed by atoms with Crippen molar-refractivity contribution in [3.8, 4) is 0 Å². The lowest BCUT2D eigenvalue weighted by Crippen LogP contribution is -2.34. The van der Waals surface area contributed by atoms with E-state index in [0.717, 1.165) is 5.92 Å². The molecule has 0 saturated heterocycles. The molecule has 0 aromatic heterocycles. The third-order valence-corrected chi connectivity index (χ3v) is 2.88. The predicted octanol–water partition coefficient (Wildman–Crippen LogP) is 2.09. The summed E-state index contributed by atoms with van der Waals surface area (Å²) in [6.45, 7) is 5.80. The summed E-state index contributed by atoms with van der Waals surface area (Å²) in [6, 6.07) is 0. The minimum Gasteiger partial charge on any atom is -0.308 e. The van der Waals surface area contributed by atoms with Crippen molar-refractivity contribution in [1.82, 2.24) is 5.32 Å². The zero-order chi connectivity index (χ0) is 7.90. The molecule has 1 heterocycles. The molecule has 1 saturated carbocycles. The Balaban J connectivity index is 2.14. The Kier molecular flexibility index (Phi) is 1.57. The van der Waals surface area contributed by atoms with Crippen LogP contribution >= 0.6 is 0 Å². The molecule has 1 aliphatic heterocycles. The number of rotatable bonds is 1. The van der Waals surface area contributed by atoms with Gasteiger partial charge in [0.2, 0.25) is 0 Å². The minimum absolute atomic E-state index is 0.470. The summed E-state index contributed by atoms with van der Waals surface area (Å²) in [5.74, 6) is 0.759. The van der Waals surface area contributed by atoms with E-state index in [2.05, 4.69) is 25.2 Å². The van der Waals surface area contributed by atoms with Gasteiger partial charge in [-0.15, -0.1) is 0 Å². The molecule has 0 aromatic carbocycles. The van der Waals surface area contributed by atoms with E-state index < -0.39 is 0 Å². The highest BCUT2D eigenvalue weighted by molar-refractivity contribution is 5.26. The molecule has 0 atom stereocenters. The molecule has 1 aliphatic carbocycles. The first-order valence-corrected chi connectivity index (χ1v) is 4.68. The van der Waals surface area contributed by atoms with Gasteiger partial charge in [-0.3, -0.25) is 0 Å². The molecule has 1 spiro atoms. The summed E-state index contributed by atoms with van der Waals surface area (Å²) in [4.78, 5) is 0. The Morgan fingerprint density at radius 1 is 1.45 bits per heavy atom. The van der Waals surface area contributed by atoms with Crippen LogP contribution in [-0.4, -0.2) is 12.1 Å². The number of hydrogen-bond acceptors (Lipinski definition) is 1. The molecule has 0 radical (unpaired) electrons. The largest absolute Gasteiger partial charge is 0.308 e. The standard InChI is InChI=1S/C10H17N/c1-8(2)9-3-6-11-10(7-9)4-5-10/h7-8,11H,3-6H2,1-2H3. The van der Waals surface area contributed by atoms with Gasteiger partial charge in [-0.05, 0) is 31.7 Å². The summed E-state index contributed by atoms with van der Waals surface area (Å²) in [5, 5.41) is 3.58. The van der Waals surface area contributed by atoms with Gasteiger partial charge in [-0.25, -0.2) is 0 Å². The molecule has 0 bridgehead atoms. The Labute approximate surface area is 68.9 Å². The fourth-order valence-electron chi connectivity index (χ4n) is 1.84. The maximum atomic E-state index is 3.58. The fraction of sp³-hybridized carbons (Fsp3) is 0.800. The van der Waals surface area contributed by atoms with Crippen LogP contribution in [0.3, 0.4) is 0 Å². The lowest BCUT2D eigenvalue weighted by atomic mass is 9.94. The van der Waals surface area contributed by atoms with Crippen molar-refractivity contribution in [2.75, 3.05) is 6.54 Å². The Morgan fingerprint density at radius 3 is 2.73 bits per heavy atom. The van der Waals surface area contributed by atoms with Crippen LogP contribution in [0.15, 0.2) is 11.6 Å². The summed E-state index contributed by atoms with van der Waals surface area (Å²) in [6.07, 6.45) is 6.48. The molecule has 1 fully saturated rings. The second-order valence-electron chi connectivity index (χ2n) is 4.21. The topological polar surface area (TPSA) is 12.0 Å². The van der Waals surface area contributed by atoms with E-state index in [-0.39, 0.29) is 0 Å². The first kappa shape index (κ1) is 7.35. The second kappa shape index (κ2) is 2.34. The normalized spacial score (nSPS) is 27.4. The van der Waals surface area contributed by atoms with E-state index in [9.17, 15) is 0 Å². The van der Waals surface area contributed by atoms with E-state index in [1.807, 2.05) is 0 Å². The van der Waals surface area contributed by atoms with Crippen molar-refractivity contribution in [2.45, 2.75) is 38.6 Å². The quantitative estimate of drug-likeness (QED) is 0.566. The minimum atomic E-state index is 0.470. The van der Waals surface area contributed by atoms with Crippen molar-refractivity contribution in [2.24, 2.45) is 5.92 Å². The van der Waals surface area contributed by atoms with Crippen LogP contribution in [0.5, 0.6) is 0 Å². The van der Waals surface area contributed by atoms with Gasteiger partial charge in [0.1, 0.15) is 0 Å². The summed E-state index contributed by atoms with van der Waals surface area (Å²) in [5.41, 5.74) is 2.14. The maximum absolute atomic E-state index is 3.58. The van der Waals surface area contributed by atoms with Crippen LogP contribution in [-0.2, 0) is 0 Å². The van der Waals surface area contributed by atoms with E-state index in [1.165, 1.54) is 25.8 Å². The van der Waals surface area contributed by atoms with Crippen molar-refractivity contribution in [3.63, 3.8) is 0 Å². The molecule has 62 valence electrons. The van der Waals surface area contributed by atoms with Crippen molar-refractivity contribution >= 4 is 0 Å². The smallest absolute Gasteiger partial charge is 0.0368 e. The van der Waals surface area contributed by atoms with E-state index in [0.29, 0.717) is 5.54 Å². The second-order valence-corrected chi connectivity index (χ2v) is 4.21. The maximum Gasteiger partial charge on any atom is 0.0368 e. The number of nitrogens with one attached hydrogen (secondary N) is 1. The van der Waals surface area contributed by atoms with Crippen molar-refractivity contribution in [3.05, 3.63) is 11.6 Å². The summed E-state index contributed by atoms with van der Waals surface area (Å²) >= 11 is 0. The van der Waals surface area contributed by atoms with Crippen molar-refractivity contribution in [1.29, 1.82) is 0 Å². The monoisotopic (exact) mass is 151 g/mol. The molecule has 11 heavy (non-hydrogen) atoms. The van der Waals surface area contributed by atoms with Crippen LogP contribution in [0.25, 0.3) is 0 Å². The van der Waals surface area contributed by atoms with Gasteiger partial charge >= 0.3 is 0 Å². The average Bonchev–Trinajstić information content (AvgIpc) is 2.69. The van der Waals surface area contributed by atoms with Crippen molar-refractivity contribution < 1.29 is 0 Å². The number of hydrogen-bond donors (Lipinski definition) is 1. The molecular formula is C10H17N. The summed E-state index contributed by atoms with van der Waals surface area (Å²) in [7, 11) is 0. The Bertz CT molecular complexity index is 187. The van der Waals surface area contributed by atoms with Gasteiger partial charge in [-0.1, -0.05) is 25.5 Å². The van der Waals surface area contributed by atoms with Gasteiger partial charge in [0.05, 0.1) is 0 Å². The molecule has 0 unspecified atom stereocenters. The third-order valence-electron chi connectivity index (χ3n) is 2.88. The molecule has 1 heteroatoms. The van der Waals surface area contributed by atoms with E-state index in [1.54, 1.807) is 5.57 Å². The highest BCUT2D eigenvalue weighted by atomic mass is 15.0. The van der Waals surface area contributed by atoms with Crippen LogP contribution < -0.4 is 5.32 Å². The molecule has 1 N–H and O–H groups in total. The molecule has 0 amide bonds. The first-order chi connectivity index (χ1) is 5.22. The third kappa shape index (κ3) is 1.34. The predicted molar refractivity (Wildman–Crippen MR) is 47.5 cm³/mol. The zero-order valence-electron chi connectivity index (χ0n) is 7.48. The summed E-state index contributed by atoms with van der Waals surface area (Å²) < 4.78 is 0. The van der Waals surface area contributed by atoms with E-state index in [4.69, 9.17) is 0 Å². The molecule has 2 rings (SSSR count). The molecule has 2 aliphatic rings. The Morgan fingerprint density at radius 2 is 2.18 bits per heavy atom. The van der Waals surface area contributed by atoms with E-state index >= 15 is 0 Å². The van der Waals surface area contributed by atoms with Crippen LogP contribution in [0.2, 0.25) is 0 Å². The SMILES string of the molecule is CC(C)C1=CC2(CC2)NCC1. The van der Waals surface area contributed by atoms with Crippen LogP contribution in [0, 0.1) is 5.92 Å². The van der Waals surface area contributed by atoms with Gasteiger partial charge in [0.15, 0.2) is 0 Å². The molecular weight excluding hydrogens is 134 g/mol. The van der Waals surface area contributed by atoms with Crippen LogP contribution in [0.4, 0.5) is 0 Å². The lowest BCUT2D eigenvalue weighted by molar-refractivity contribution is 0.525. The van der Waals surface area contributed by atoms with Gasteiger partial charge < -0.3 is 5.32 Å². The highest BCUT2D eigenvalue weighted by Gasteiger charge is 2.41. The van der Waals surface area contributed by atoms with Gasteiger partial charge in [-0.2, -0.15) is 0 Å². The first-order valence-electron chi connectivity index (χ1n) is 4.68. The van der Waals surface area contributed by atoms with Gasteiger partial charge in [0, 0.05) is 5.54 Å². The zero-order valence-corrected chi connectivity index (χ0v) is 7.48. The van der Waals surface area contributed by atoms with Gasteiger partial charge in [0.25, 0.3) is 0 Å². The molecule has 0 aromatic rings. The Hall–Kier alpha value is -0.300. The fourth-order valence-corrected chi connectivity index (χ4v) is 1.84. The van der Waals surface area contributed by atoms with Crippen LogP contribution in [0.1, 0.15) is 33.1 Å². The molecule has 1 nitrogen and oxygen atoms in total. The highest BCUT2D eigenvalue weighted by Crippen LogP contribution is 2.41. The lowest BCUT2D eigenvalue weighted by Gasteiger charge is -2.24.